The number of H-pyrrole nitrogens is 1. The molecule has 3 aromatic carbocycles. The number of hydrogen-bond acceptors (Lipinski definition) is 2. The minimum Gasteiger partial charge on any atom is -0.362 e. The molecule has 0 saturated carbocycles. The first-order valence-electron chi connectivity index (χ1n) is 9.95. The number of carbonyl (C=O) groups excluding carboxylic acids is 2. The van der Waals surface area contributed by atoms with Gasteiger partial charge in [-0.25, -0.2) is 0 Å². The Kier molecular flexibility index (Phi) is 4.69. The molecule has 0 fully saturated rings. The van der Waals surface area contributed by atoms with Gasteiger partial charge in [-0.1, -0.05) is 42.5 Å². The topological polar surface area (TPSA) is 74.0 Å². The maximum atomic E-state index is 12.4. The second-order valence-electron chi connectivity index (χ2n) is 7.30. The van der Waals surface area contributed by atoms with Crippen LogP contribution in [0.3, 0.4) is 0 Å². The zero-order valence-corrected chi connectivity index (χ0v) is 16.6. The van der Waals surface area contributed by atoms with Crippen molar-refractivity contribution in [3.05, 3.63) is 108 Å². The molecule has 5 nitrogen and oxygen atoms in total. The molecule has 0 spiro atoms. The molecule has 5 rings (SSSR count). The van der Waals surface area contributed by atoms with E-state index in [0.717, 1.165) is 33.8 Å². The smallest absolute Gasteiger partial charge is 0.256 e. The Hall–Kier alpha value is -4.38. The molecular formula is C26H19N3O2. The highest BCUT2D eigenvalue weighted by Crippen LogP contribution is 2.36. The quantitative estimate of drug-likeness (QED) is 0.396. The van der Waals surface area contributed by atoms with E-state index in [1.807, 2.05) is 85.1 Å². The lowest BCUT2D eigenvalue weighted by atomic mass is 10.00. The molecule has 150 valence electrons. The number of anilines is 2. The van der Waals surface area contributed by atoms with Gasteiger partial charge in [0, 0.05) is 34.4 Å². The summed E-state index contributed by atoms with van der Waals surface area (Å²) in [6.07, 6.45) is 3.68. The van der Waals surface area contributed by atoms with Crippen LogP contribution in [-0.2, 0) is 4.79 Å². The molecule has 1 aliphatic heterocycles. The number of hydrogen-bond donors (Lipinski definition) is 3. The van der Waals surface area contributed by atoms with Gasteiger partial charge in [-0.2, -0.15) is 0 Å². The summed E-state index contributed by atoms with van der Waals surface area (Å²) in [7, 11) is 0. The molecule has 3 N–H and O–H groups in total. The van der Waals surface area contributed by atoms with E-state index in [2.05, 4.69) is 15.6 Å². The Morgan fingerprint density at radius 2 is 1.61 bits per heavy atom. The highest BCUT2D eigenvalue weighted by molar-refractivity contribution is 6.35. The van der Waals surface area contributed by atoms with Crippen molar-refractivity contribution in [1.82, 2.24) is 4.98 Å². The van der Waals surface area contributed by atoms with Crippen molar-refractivity contribution in [2.75, 3.05) is 10.6 Å². The van der Waals surface area contributed by atoms with E-state index in [9.17, 15) is 9.59 Å². The lowest BCUT2D eigenvalue weighted by molar-refractivity contribution is -0.110. The number of aromatic amines is 1. The number of nitrogens with one attached hydrogen (secondary N) is 3. The van der Waals surface area contributed by atoms with Crippen LogP contribution in [0.1, 0.15) is 21.6 Å². The minimum atomic E-state index is -0.144. The molecule has 0 radical (unpaired) electrons. The van der Waals surface area contributed by atoms with Crippen LogP contribution >= 0.6 is 0 Å². The summed E-state index contributed by atoms with van der Waals surface area (Å²) >= 11 is 0. The predicted molar refractivity (Wildman–Crippen MR) is 124 cm³/mol. The van der Waals surface area contributed by atoms with Gasteiger partial charge in [-0.15, -0.1) is 0 Å². The fraction of sp³-hybridized carbons (Fsp3) is 0. The SMILES string of the molecule is O=C1Nc2cc(-c3ccc(NC(=O)c4ccccc4)cc3)ccc2/C1=C/c1ccc[nH]1. The van der Waals surface area contributed by atoms with Crippen molar-refractivity contribution in [1.29, 1.82) is 0 Å². The molecule has 0 unspecified atom stereocenters. The lowest BCUT2D eigenvalue weighted by Crippen LogP contribution is -2.11. The molecule has 1 aliphatic rings. The van der Waals surface area contributed by atoms with E-state index >= 15 is 0 Å². The highest BCUT2D eigenvalue weighted by Gasteiger charge is 2.24. The number of benzene rings is 3. The van der Waals surface area contributed by atoms with Gasteiger partial charge in [0.05, 0.1) is 5.57 Å². The summed E-state index contributed by atoms with van der Waals surface area (Å²) in [4.78, 5) is 27.8. The summed E-state index contributed by atoms with van der Waals surface area (Å²) in [5, 5.41) is 5.85. The fourth-order valence-corrected chi connectivity index (χ4v) is 3.65. The Morgan fingerprint density at radius 1 is 0.839 bits per heavy atom. The van der Waals surface area contributed by atoms with E-state index < -0.39 is 0 Å². The molecular weight excluding hydrogens is 386 g/mol. The van der Waals surface area contributed by atoms with Crippen LogP contribution in [0.4, 0.5) is 11.4 Å². The van der Waals surface area contributed by atoms with Crippen molar-refractivity contribution in [2.45, 2.75) is 0 Å². The largest absolute Gasteiger partial charge is 0.362 e. The number of rotatable bonds is 4. The lowest BCUT2D eigenvalue weighted by Gasteiger charge is -2.08. The molecule has 1 aromatic heterocycles. The van der Waals surface area contributed by atoms with Gasteiger partial charge < -0.3 is 15.6 Å². The van der Waals surface area contributed by atoms with Crippen LogP contribution in [0.15, 0.2) is 91.1 Å². The zero-order valence-electron chi connectivity index (χ0n) is 16.6. The van der Waals surface area contributed by atoms with Gasteiger partial charge >= 0.3 is 0 Å². The van der Waals surface area contributed by atoms with Gasteiger partial charge in [0.25, 0.3) is 11.8 Å². The Morgan fingerprint density at radius 3 is 2.35 bits per heavy atom. The molecule has 5 heteroatoms. The Balaban J connectivity index is 1.36. The summed E-state index contributed by atoms with van der Waals surface area (Å²) in [5.74, 6) is -0.254. The fourth-order valence-electron chi connectivity index (χ4n) is 3.65. The third-order valence-corrected chi connectivity index (χ3v) is 5.24. The van der Waals surface area contributed by atoms with Crippen molar-refractivity contribution >= 4 is 34.8 Å². The standard InChI is InChI=1S/C26H19N3O2/c30-25(18-5-2-1-3-6-18)28-20-11-8-17(9-12-20)19-10-13-22-23(16-21-7-4-14-27-21)26(31)29-24(22)15-19/h1-16,27H,(H,28,30)(H,29,31)/b23-16-. The Bertz CT molecular complexity index is 1290. The third kappa shape index (κ3) is 3.76. The molecule has 31 heavy (non-hydrogen) atoms. The Labute approximate surface area is 179 Å². The molecule has 2 heterocycles. The van der Waals surface area contributed by atoms with Crippen molar-refractivity contribution in [3.8, 4) is 11.1 Å². The second kappa shape index (κ2) is 7.80. The third-order valence-electron chi connectivity index (χ3n) is 5.24. The van der Waals surface area contributed by atoms with E-state index in [1.165, 1.54) is 0 Å². The van der Waals surface area contributed by atoms with Crippen molar-refractivity contribution in [3.63, 3.8) is 0 Å². The molecule has 0 atom stereocenters. The second-order valence-corrected chi connectivity index (χ2v) is 7.30. The molecule has 4 aromatic rings. The van der Waals surface area contributed by atoms with Crippen LogP contribution in [0.2, 0.25) is 0 Å². The van der Waals surface area contributed by atoms with Gasteiger partial charge in [0.1, 0.15) is 0 Å². The number of aromatic nitrogens is 1. The number of amides is 2. The first kappa shape index (κ1) is 18.6. The summed E-state index contributed by atoms with van der Waals surface area (Å²) in [5.41, 5.74) is 6.53. The normalized spacial score (nSPS) is 13.7. The molecule has 0 aliphatic carbocycles. The van der Waals surface area contributed by atoms with E-state index in [4.69, 9.17) is 0 Å². The summed E-state index contributed by atoms with van der Waals surface area (Å²) < 4.78 is 0. The zero-order chi connectivity index (χ0) is 21.2. The monoisotopic (exact) mass is 405 g/mol. The van der Waals surface area contributed by atoms with E-state index in [-0.39, 0.29) is 11.8 Å². The molecule has 0 bridgehead atoms. The van der Waals surface area contributed by atoms with Gasteiger partial charge in [-0.05, 0) is 59.7 Å². The minimum absolute atomic E-state index is 0.110. The predicted octanol–water partition coefficient (Wildman–Crippen LogP) is 5.43. The maximum Gasteiger partial charge on any atom is 0.256 e. The average Bonchev–Trinajstić information content (AvgIpc) is 3.42. The summed E-state index contributed by atoms with van der Waals surface area (Å²) in [6.45, 7) is 0. The van der Waals surface area contributed by atoms with Crippen LogP contribution in [-0.4, -0.2) is 16.8 Å². The average molecular weight is 405 g/mol. The molecule has 2 amide bonds. The summed E-state index contributed by atoms with van der Waals surface area (Å²) in [6, 6.07) is 26.5. The van der Waals surface area contributed by atoms with Crippen molar-refractivity contribution < 1.29 is 9.59 Å². The first-order valence-corrected chi connectivity index (χ1v) is 9.95. The van der Waals surface area contributed by atoms with Gasteiger partial charge in [0.15, 0.2) is 0 Å². The van der Waals surface area contributed by atoms with Crippen LogP contribution in [0.25, 0.3) is 22.8 Å². The maximum absolute atomic E-state index is 12.4. The van der Waals surface area contributed by atoms with Crippen LogP contribution in [0, 0.1) is 0 Å². The molecule has 0 saturated heterocycles. The number of fused-ring (bicyclic) bond motifs is 1. The van der Waals surface area contributed by atoms with E-state index in [0.29, 0.717) is 11.1 Å². The first-order chi connectivity index (χ1) is 15.2. The van der Waals surface area contributed by atoms with Gasteiger partial charge in [-0.3, -0.25) is 9.59 Å². The van der Waals surface area contributed by atoms with Crippen LogP contribution in [0.5, 0.6) is 0 Å². The highest BCUT2D eigenvalue weighted by atomic mass is 16.2. The van der Waals surface area contributed by atoms with E-state index in [1.54, 1.807) is 12.1 Å². The number of carbonyl (C=O) groups is 2. The van der Waals surface area contributed by atoms with Gasteiger partial charge in [0.2, 0.25) is 0 Å². The van der Waals surface area contributed by atoms with Crippen LogP contribution < -0.4 is 10.6 Å². The van der Waals surface area contributed by atoms with Crippen molar-refractivity contribution in [2.24, 2.45) is 0 Å².